The van der Waals surface area contributed by atoms with Crippen molar-refractivity contribution in [3.8, 4) is 0 Å². The number of hydrogen-bond donors (Lipinski definition) is 0. The van der Waals surface area contributed by atoms with Crippen molar-refractivity contribution < 1.29 is 0 Å². The monoisotopic (exact) mass is 160 g/mol. The van der Waals surface area contributed by atoms with Gasteiger partial charge in [0.25, 0.3) is 0 Å². The van der Waals surface area contributed by atoms with E-state index < -0.39 is 0 Å². The van der Waals surface area contributed by atoms with Crippen molar-refractivity contribution in [2.24, 2.45) is 0 Å². The maximum Gasteiger partial charge on any atom is 0.194 e. The van der Waals surface area contributed by atoms with Crippen LogP contribution in [0.4, 0.5) is 0 Å². The molecule has 0 N–H and O–H groups in total. The van der Waals surface area contributed by atoms with Crippen LogP contribution in [-0.4, -0.2) is 16.3 Å². The molecule has 0 aliphatic carbocycles. The Hall–Kier alpha value is -0.288. The summed E-state index contributed by atoms with van der Waals surface area (Å²) in [4.78, 5) is 0. The minimum Gasteiger partial charge on any atom is -0.161 e. The van der Waals surface area contributed by atoms with Gasteiger partial charge in [0.2, 0.25) is 0 Å². The second-order valence-corrected chi connectivity index (χ2v) is 4.34. The van der Waals surface area contributed by atoms with Crippen LogP contribution in [0.1, 0.15) is 0 Å². The Bertz CT molecular complexity index is 318. The maximum atomic E-state index is 2.72. The molecule has 0 nitrogen and oxygen atoms in total. The van der Waals surface area contributed by atoms with Crippen molar-refractivity contribution in [3.63, 3.8) is 0 Å². The van der Waals surface area contributed by atoms with Crippen LogP contribution in [0.5, 0.6) is 0 Å². The molecule has 0 atom stereocenters. The lowest BCUT2D eigenvalue weighted by molar-refractivity contribution is 1.86. The molecule has 2 heteroatoms. The lowest BCUT2D eigenvalue weighted by Gasteiger charge is -1.82. The first-order valence-electron chi connectivity index (χ1n) is 3.10. The normalized spacial score (nSPS) is 10.4. The molecule has 0 saturated carbocycles. The van der Waals surface area contributed by atoms with Gasteiger partial charge in [-0.25, -0.2) is 0 Å². The highest BCUT2D eigenvalue weighted by Gasteiger charge is 1.92. The van der Waals surface area contributed by atoms with E-state index in [9.17, 15) is 0 Å². The topological polar surface area (TPSA) is 0 Å². The minimum atomic E-state index is 1.31. The summed E-state index contributed by atoms with van der Waals surface area (Å²) in [5, 5.41) is 1.34. The van der Waals surface area contributed by atoms with Crippen LogP contribution in [0.2, 0.25) is 0 Å². The van der Waals surface area contributed by atoms with E-state index in [1.54, 1.807) is 0 Å². The third-order valence-electron chi connectivity index (χ3n) is 1.44. The van der Waals surface area contributed by atoms with E-state index in [2.05, 4.69) is 46.6 Å². The Labute approximate surface area is 71.9 Å². The fraction of sp³-hybridized carbons (Fsp3) is 0. The number of hydrogen-bond acceptors (Lipinski definition) is 1. The standard InChI is InChI=1S/C8H5S.Al/c1-2-4-8-7(3-1)5-6-9-8;/h1-5H;. The summed E-state index contributed by atoms with van der Waals surface area (Å²) >= 11 is 4.54. The smallest absolute Gasteiger partial charge is 0.161 e. The molecule has 0 bridgehead atoms. The predicted molar refractivity (Wildman–Crippen MR) is 47.2 cm³/mol. The molecule has 1 heterocycles. The van der Waals surface area contributed by atoms with Gasteiger partial charge in [-0.05, 0) is 11.5 Å². The fourth-order valence-corrected chi connectivity index (χ4v) is 2.39. The molecule has 0 amide bonds. The summed E-state index contributed by atoms with van der Waals surface area (Å²) < 4.78 is 2.67. The molecule has 0 unspecified atom stereocenters. The zero-order valence-corrected chi connectivity index (χ0v) is 7.34. The van der Waals surface area contributed by atoms with Gasteiger partial charge in [0, 0.05) is 4.70 Å². The first-order chi connectivity index (χ1) is 4.86. The van der Waals surface area contributed by atoms with Gasteiger partial charge in [-0.1, -0.05) is 28.0 Å². The van der Waals surface area contributed by atoms with Crippen LogP contribution in [0.3, 0.4) is 0 Å². The third kappa shape index (κ3) is 0.992. The average Bonchev–Trinajstić information content (AvgIpc) is 2.27. The van der Waals surface area contributed by atoms with Crippen molar-refractivity contribution in [2.45, 2.75) is 0 Å². The van der Waals surface area contributed by atoms with E-state index in [0.29, 0.717) is 0 Å². The molecule has 0 fully saturated rings. The summed E-state index contributed by atoms with van der Waals surface area (Å²) in [6, 6.07) is 10.6. The second-order valence-electron chi connectivity index (χ2n) is 2.19. The Balaban J connectivity index is 2.88. The molecule has 0 aliphatic rings. The highest BCUT2D eigenvalue weighted by molar-refractivity contribution is 7.26. The second kappa shape index (κ2) is 2.39. The average molecular weight is 160 g/mol. The Kier molecular flexibility index (Phi) is 1.54. The van der Waals surface area contributed by atoms with Gasteiger partial charge >= 0.3 is 0 Å². The molecule has 0 saturated heterocycles. The fourth-order valence-electron chi connectivity index (χ4n) is 1.00. The van der Waals surface area contributed by atoms with E-state index in [1.165, 1.54) is 13.8 Å². The van der Waals surface area contributed by atoms with Gasteiger partial charge in [0.05, 0.1) is 0 Å². The lowest BCUT2D eigenvalue weighted by Crippen LogP contribution is -1.88. The quantitative estimate of drug-likeness (QED) is 0.514. The Morgan fingerprint density at radius 2 is 2.00 bits per heavy atom. The van der Waals surface area contributed by atoms with Gasteiger partial charge in [0.1, 0.15) is 0 Å². The summed E-state index contributed by atoms with van der Waals surface area (Å²) in [6.07, 6.45) is 0. The van der Waals surface area contributed by atoms with Gasteiger partial charge in [-0.2, -0.15) is 11.3 Å². The molecule has 0 aliphatic heterocycles. The summed E-state index contributed by atoms with van der Waals surface area (Å²) in [5.41, 5.74) is 0. The van der Waals surface area contributed by atoms with Gasteiger partial charge in [0.15, 0.2) is 16.3 Å². The van der Waals surface area contributed by atoms with Gasteiger partial charge < -0.3 is 0 Å². The largest absolute Gasteiger partial charge is 0.194 e. The number of thiophene rings is 1. The van der Waals surface area contributed by atoms with E-state index in [1.807, 2.05) is 11.3 Å². The highest BCUT2D eigenvalue weighted by Crippen LogP contribution is 2.16. The molecule has 1 aromatic carbocycles. The van der Waals surface area contributed by atoms with Crippen molar-refractivity contribution in [2.75, 3.05) is 0 Å². The van der Waals surface area contributed by atoms with Crippen LogP contribution < -0.4 is 3.74 Å². The van der Waals surface area contributed by atoms with E-state index in [-0.39, 0.29) is 0 Å². The lowest BCUT2D eigenvalue weighted by atomic mass is 10.3. The molecule has 2 aromatic rings. The van der Waals surface area contributed by atoms with Crippen LogP contribution >= 0.6 is 11.3 Å². The van der Waals surface area contributed by atoms with Crippen molar-refractivity contribution >= 4 is 41.5 Å². The van der Waals surface area contributed by atoms with Crippen LogP contribution in [0.15, 0.2) is 30.3 Å². The number of benzene rings is 1. The SMILES string of the molecule is [Al][c]1cc2ccccc2s1. The highest BCUT2D eigenvalue weighted by atomic mass is 32.1. The predicted octanol–water partition coefficient (Wildman–Crippen LogP) is 1.70. The molecular weight excluding hydrogens is 155 g/mol. The molecule has 2 radical (unpaired) electrons. The van der Waals surface area contributed by atoms with E-state index in [4.69, 9.17) is 0 Å². The molecule has 1 aromatic heterocycles. The van der Waals surface area contributed by atoms with Crippen molar-refractivity contribution in [1.29, 1.82) is 0 Å². The molecule has 10 heavy (non-hydrogen) atoms. The molecule has 46 valence electrons. The van der Waals surface area contributed by atoms with E-state index in [0.717, 1.165) is 0 Å². The maximum absolute atomic E-state index is 2.72. The van der Waals surface area contributed by atoms with Gasteiger partial charge in [-0.15, -0.1) is 0 Å². The van der Waals surface area contributed by atoms with Crippen LogP contribution in [-0.2, 0) is 0 Å². The van der Waals surface area contributed by atoms with Crippen molar-refractivity contribution in [3.05, 3.63) is 30.3 Å². The Morgan fingerprint density at radius 1 is 1.20 bits per heavy atom. The minimum absolute atomic E-state index is 1.31. The van der Waals surface area contributed by atoms with Crippen LogP contribution in [0.25, 0.3) is 10.1 Å². The molecule has 2 rings (SSSR count). The first-order valence-corrected chi connectivity index (χ1v) is 4.50. The van der Waals surface area contributed by atoms with Crippen molar-refractivity contribution in [1.82, 2.24) is 0 Å². The summed E-state index contributed by atoms with van der Waals surface area (Å²) in [7, 11) is 0. The van der Waals surface area contributed by atoms with Gasteiger partial charge in [-0.3, -0.25) is 0 Å². The number of rotatable bonds is 0. The summed E-state index contributed by atoms with van der Waals surface area (Å²) in [5.74, 6) is 0. The number of fused-ring (bicyclic) bond motifs is 1. The molecular formula is C8H5AlS. The summed E-state index contributed by atoms with van der Waals surface area (Å²) in [6.45, 7) is 0. The zero-order valence-electron chi connectivity index (χ0n) is 5.37. The molecule has 0 spiro atoms. The van der Waals surface area contributed by atoms with E-state index >= 15 is 0 Å². The third-order valence-corrected chi connectivity index (χ3v) is 2.91. The zero-order chi connectivity index (χ0) is 6.97. The Morgan fingerprint density at radius 3 is 2.80 bits per heavy atom. The van der Waals surface area contributed by atoms with Crippen LogP contribution in [0, 0.1) is 0 Å². The first kappa shape index (κ1) is 6.42.